The summed E-state index contributed by atoms with van der Waals surface area (Å²) in [5, 5.41) is 4.69. The van der Waals surface area contributed by atoms with E-state index in [1.165, 1.54) is 32.1 Å². The molecule has 2 aliphatic carbocycles. The Labute approximate surface area is 169 Å². The van der Waals surface area contributed by atoms with Gasteiger partial charge in [0.1, 0.15) is 0 Å². The number of fused-ring (bicyclic) bond motifs is 1. The Morgan fingerprint density at radius 3 is 2.54 bits per heavy atom. The molecule has 1 atom stereocenters. The van der Waals surface area contributed by atoms with Crippen LogP contribution in [-0.2, 0) is 0 Å². The van der Waals surface area contributed by atoms with E-state index in [1.807, 2.05) is 47.1 Å². The van der Waals surface area contributed by atoms with Crippen LogP contribution < -0.4 is 13.3 Å². The third kappa shape index (κ3) is 3.95. The minimum absolute atomic E-state index is 0.274. The Bertz CT molecular complexity index is 949. The van der Waals surface area contributed by atoms with E-state index in [2.05, 4.69) is 9.22 Å². The zero-order valence-electron chi connectivity index (χ0n) is 15.8. The van der Waals surface area contributed by atoms with Gasteiger partial charge in [-0.3, -0.25) is 0 Å². The molecular weight excluding hydrogens is 415 g/mol. The third-order valence-corrected chi connectivity index (χ3v) is 8.40. The first-order valence-electron chi connectivity index (χ1n) is 10.1. The number of nitrogens with zero attached hydrogens (tertiary/aromatic N) is 3. The van der Waals surface area contributed by atoms with Crippen molar-refractivity contribution in [1.82, 2.24) is 18.8 Å². The van der Waals surface area contributed by atoms with Gasteiger partial charge >= 0.3 is 163 Å². The first-order valence-corrected chi connectivity index (χ1v) is 12.8. The molecule has 2 fully saturated rings. The van der Waals surface area contributed by atoms with Gasteiger partial charge < -0.3 is 0 Å². The van der Waals surface area contributed by atoms with Crippen molar-refractivity contribution in [3.05, 3.63) is 42.6 Å². The summed E-state index contributed by atoms with van der Waals surface area (Å²) in [5.74, 6) is 0.659. The van der Waals surface area contributed by atoms with Crippen molar-refractivity contribution in [3.63, 3.8) is 0 Å². The molecule has 7 heteroatoms. The standard InChI is InChI=1S/C21H25AsN4O2/c27-22(24-17-10-11-17)16-8-6-15(7-9-16)19-14-23-20-12-13-21(25-26(19)20)28-18-4-2-1-3-5-18/h6-9,12-14,17-18,24,27H,1-5,10-11H2. The van der Waals surface area contributed by atoms with Crippen molar-refractivity contribution in [2.75, 3.05) is 0 Å². The second kappa shape index (κ2) is 7.86. The van der Waals surface area contributed by atoms with Crippen LogP contribution in [-0.4, -0.2) is 46.1 Å². The van der Waals surface area contributed by atoms with Crippen molar-refractivity contribution in [2.45, 2.75) is 57.1 Å². The van der Waals surface area contributed by atoms with E-state index in [4.69, 9.17) is 9.84 Å². The maximum atomic E-state index is 10.4. The van der Waals surface area contributed by atoms with Gasteiger partial charge in [0.05, 0.1) is 0 Å². The number of imidazole rings is 1. The summed E-state index contributed by atoms with van der Waals surface area (Å²) in [6, 6.07) is 12.5. The Balaban J connectivity index is 1.37. The van der Waals surface area contributed by atoms with Crippen molar-refractivity contribution in [2.24, 2.45) is 0 Å². The van der Waals surface area contributed by atoms with Crippen LogP contribution in [0.4, 0.5) is 0 Å². The molecule has 3 aromatic rings. The molecule has 0 spiro atoms. The third-order valence-electron chi connectivity index (χ3n) is 5.47. The van der Waals surface area contributed by atoms with Crippen molar-refractivity contribution >= 4 is 25.2 Å². The Morgan fingerprint density at radius 2 is 1.79 bits per heavy atom. The zero-order chi connectivity index (χ0) is 18.9. The Kier molecular flexibility index (Phi) is 5.10. The fourth-order valence-corrected chi connectivity index (χ4v) is 6.19. The second-order valence-corrected chi connectivity index (χ2v) is 10.7. The van der Waals surface area contributed by atoms with E-state index < -0.39 is 15.2 Å². The Hall–Kier alpha value is -1.88. The summed E-state index contributed by atoms with van der Waals surface area (Å²) in [4.78, 5) is 4.48. The topological polar surface area (TPSA) is 71.7 Å². The van der Waals surface area contributed by atoms with Crippen molar-refractivity contribution in [1.29, 1.82) is 0 Å². The molecule has 0 aliphatic heterocycles. The molecule has 5 rings (SSSR count). The fourth-order valence-electron chi connectivity index (χ4n) is 3.70. The second-order valence-electron chi connectivity index (χ2n) is 7.72. The molecule has 2 saturated carbocycles. The molecule has 2 aliphatic rings. The van der Waals surface area contributed by atoms with Gasteiger partial charge in [-0.25, -0.2) is 0 Å². The number of ether oxygens (including phenoxy) is 1. The minimum atomic E-state index is -2.11. The molecule has 2 N–H and O–H groups in total. The molecule has 146 valence electrons. The van der Waals surface area contributed by atoms with Crippen LogP contribution in [0.3, 0.4) is 0 Å². The summed E-state index contributed by atoms with van der Waals surface area (Å²) in [6.45, 7) is 0. The Morgan fingerprint density at radius 1 is 1.00 bits per heavy atom. The molecule has 6 nitrogen and oxygen atoms in total. The van der Waals surface area contributed by atoms with Gasteiger partial charge in [0.2, 0.25) is 0 Å². The van der Waals surface area contributed by atoms with Gasteiger partial charge in [0, 0.05) is 0 Å². The van der Waals surface area contributed by atoms with Crippen LogP contribution in [0.5, 0.6) is 5.88 Å². The molecule has 0 radical (unpaired) electrons. The van der Waals surface area contributed by atoms with Gasteiger partial charge in [0.15, 0.2) is 0 Å². The molecule has 2 aromatic heterocycles. The number of nitrogens with one attached hydrogen (secondary N) is 1. The number of aromatic nitrogens is 3. The van der Waals surface area contributed by atoms with Crippen molar-refractivity contribution in [3.8, 4) is 17.1 Å². The predicted molar refractivity (Wildman–Crippen MR) is 110 cm³/mol. The average molecular weight is 440 g/mol. The van der Waals surface area contributed by atoms with Crippen LogP contribution >= 0.6 is 0 Å². The van der Waals surface area contributed by atoms with Gasteiger partial charge in [-0.15, -0.1) is 0 Å². The molecular formula is C21H25AsN4O2. The van der Waals surface area contributed by atoms with Gasteiger partial charge in [-0.1, -0.05) is 6.42 Å². The van der Waals surface area contributed by atoms with Crippen LogP contribution in [0.2, 0.25) is 0 Å². The van der Waals surface area contributed by atoms with E-state index in [-0.39, 0.29) is 6.10 Å². The van der Waals surface area contributed by atoms with Crippen LogP contribution in [0.1, 0.15) is 44.9 Å². The number of hydrogen-bond donors (Lipinski definition) is 2. The van der Waals surface area contributed by atoms with E-state index in [0.717, 1.165) is 34.1 Å². The molecule has 1 aromatic carbocycles. The fraction of sp³-hybridized carbons (Fsp3) is 0.429. The summed E-state index contributed by atoms with van der Waals surface area (Å²) < 4.78 is 22.8. The SMILES string of the molecule is O[As](NC1CC1)c1ccc(-c2cnc3ccc(OC4CCCCC4)nn23)cc1. The summed E-state index contributed by atoms with van der Waals surface area (Å²) >= 11 is -2.11. The predicted octanol–water partition coefficient (Wildman–Crippen LogP) is 2.55. The van der Waals surface area contributed by atoms with Crippen LogP contribution in [0.25, 0.3) is 16.9 Å². The summed E-state index contributed by atoms with van der Waals surface area (Å²) in [5.41, 5.74) is 2.77. The molecule has 0 amide bonds. The molecule has 28 heavy (non-hydrogen) atoms. The molecule has 1 unspecified atom stereocenters. The quantitative estimate of drug-likeness (QED) is 0.577. The summed E-state index contributed by atoms with van der Waals surface area (Å²) in [6.07, 6.45) is 10.5. The number of benzene rings is 1. The molecule has 0 saturated heterocycles. The normalized spacial score (nSPS) is 19.0. The van der Waals surface area contributed by atoms with E-state index in [0.29, 0.717) is 11.9 Å². The van der Waals surface area contributed by atoms with Crippen molar-refractivity contribution < 1.29 is 8.83 Å². The average Bonchev–Trinajstić information content (AvgIpc) is 3.45. The zero-order valence-corrected chi connectivity index (χ0v) is 17.7. The molecule has 0 bridgehead atoms. The van der Waals surface area contributed by atoms with Gasteiger partial charge in [0.25, 0.3) is 0 Å². The van der Waals surface area contributed by atoms with E-state index in [9.17, 15) is 4.10 Å². The van der Waals surface area contributed by atoms with E-state index >= 15 is 0 Å². The first-order chi connectivity index (χ1) is 13.8. The first kappa shape index (κ1) is 18.2. The van der Waals surface area contributed by atoms with E-state index in [1.54, 1.807) is 0 Å². The van der Waals surface area contributed by atoms with Crippen LogP contribution in [0, 0.1) is 0 Å². The maximum absolute atomic E-state index is 10.4. The van der Waals surface area contributed by atoms with Gasteiger partial charge in [-0.05, 0) is 0 Å². The van der Waals surface area contributed by atoms with Gasteiger partial charge in [-0.2, -0.15) is 0 Å². The monoisotopic (exact) mass is 440 g/mol. The number of rotatable bonds is 6. The number of hydrogen-bond acceptors (Lipinski definition) is 5. The van der Waals surface area contributed by atoms with Crippen LogP contribution in [0.15, 0.2) is 42.6 Å². The summed E-state index contributed by atoms with van der Waals surface area (Å²) in [7, 11) is 0. The molecule has 2 heterocycles.